The van der Waals surface area contributed by atoms with E-state index in [0.29, 0.717) is 18.2 Å². The number of anilines is 1. The Morgan fingerprint density at radius 2 is 2.25 bits per heavy atom. The Bertz CT molecular complexity index is 547. The summed E-state index contributed by atoms with van der Waals surface area (Å²) >= 11 is 0. The molecule has 2 aromatic rings. The molecule has 0 saturated carbocycles. The van der Waals surface area contributed by atoms with Crippen LogP contribution < -0.4 is 5.73 Å². The molecule has 5 heteroatoms. The normalized spacial score (nSPS) is 13.1. The molecule has 1 atom stereocenters. The zero-order valence-corrected chi connectivity index (χ0v) is 10.3. The lowest BCUT2D eigenvalue weighted by Gasteiger charge is -2.05. The van der Waals surface area contributed by atoms with Crippen LogP contribution in [0.3, 0.4) is 0 Å². The highest BCUT2D eigenvalue weighted by Crippen LogP contribution is 2.18. The third-order valence-corrected chi connectivity index (χ3v) is 3.29. The highest BCUT2D eigenvalue weighted by Gasteiger charge is 2.08. The smallest absolute Gasteiger partial charge is 0.201 e. The van der Waals surface area contributed by atoms with E-state index in [2.05, 4.69) is 11.1 Å². The fourth-order valence-corrected chi connectivity index (χ4v) is 2.15. The second kappa shape index (κ2) is 4.25. The molecule has 1 aromatic heterocycles. The van der Waals surface area contributed by atoms with Crippen molar-refractivity contribution in [2.75, 3.05) is 17.7 Å². The maximum Gasteiger partial charge on any atom is 0.201 e. The van der Waals surface area contributed by atoms with Crippen molar-refractivity contribution in [3.05, 3.63) is 23.8 Å². The number of nitrogens with two attached hydrogens (primary N) is 1. The van der Waals surface area contributed by atoms with Gasteiger partial charge in [-0.3, -0.25) is 4.21 Å². The highest BCUT2D eigenvalue weighted by molar-refractivity contribution is 7.84. The molecule has 0 fully saturated rings. The first-order valence-corrected chi connectivity index (χ1v) is 6.83. The summed E-state index contributed by atoms with van der Waals surface area (Å²) in [4.78, 5) is 4.27. The predicted octanol–water partition coefficient (Wildman–Crippen LogP) is 1.31. The predicted molar refractivity (Wildman–Crippen MR) is 67.8 cm³/mol. The standard InChI is InChI=1S/C11H15N3OS/c1-8-3-4-9-10(7-8)14(11(12)13-9)5-6-16(2)15/h3-4,7H,5-6H2,1-2H3,(H2,12,13). The zero-order valence-electron chi connectivity index (χ0n) is 9.43. The lowest BCUT2D eigenvalue weighted by atomic mass is 10.2. The first-order chi connectivity index (χ1) is 7.58. The van der Waals surface area contributed by atoms with Gasteiger partial charge in [-0.25, -0.2) is 4.98 Å². The second-order valence-corrected chi connectivity index (χ2v) is 5.45. The Hall–Kier alpha value is -1.36. The van der Waals surface area contributed by atoms with Crippen LogP contribution in [0, 0.1) is 6.92 Å². The number of hydrogen-bond acceptors (Lipinski definition) is 3. The number of aryl methyl sites for hydroxylation is 2. The van der Waals surface area contributed by atoms with Gasteiger partial charge in [0, 0.05) is 29.4 Å². The molecular weight excluding hydrogens is 222 g/mol. The van der Waals surface area contributed by atoms with Crippen LogP contribution >= 0.6 is 0 Å². The van der Waals surface area contributed by atoms with Crippen LogP contribution in [-0.2, 0) is 17.3 Å². The number of rotatable bonds is 3. The van der Waals surface area contributed by atoms with E-state index >= 15 is 0 Å². The third kappa shape index (κ3) is 2.09. The van der Waals surface area contributed by atoms with Gasteiger partial charge in [0.1, 0.15) is 0 Å². The number of aromatic nitrogens is 2. The van der Waals surface area contributed by atoms with Crippen molar-refractivity contribution in [1.82, 2.24) is 9.55 Å². The number of fused-ring (bicyclic) bond motifs is 1. The van der Waals surface area contributed by atoms with Crippen molar-refractivity contribution in [3.63, 3.8) is 0 Å². The van der Waals surface area contributed by atoms with Gasteiger partial charge in [0.2, 0.25) is 5.95 Å². The maximum atomic E-state index is 11.1. The van der Waals surface area contributed by atoms with E-state index in [-0.39, 0.29) is 0 Å². The van der Waals surface area contributed by atoms with E-state index in [4.69, 9.17) is 5.73 Å². The molecule has 1 heterocycles. The molecule has 16 heavy (non-hydrogen) atoms. The number of nitrogen functional groups attached to an aromatic ring is 1. The lowest BCUT2D eigenvalue weighted by molar-refractivity contribution is 0.680. The van der Waals surface area contributed by atoms with Crippen molar-refractivity contribution < 1.29 is 4.21 Å². The van der Waals surface area contributed by atoms with Crippen LogP contribution in [0.4, 0.5) is 5.95 Å². The van der Waals surface area contributed by atoms with Gasteiger partial charge in [-0.2, -0.15) is 0 Å². The molecule has 1 unspecified atom stereocenters. The molecule has 0 aliphatic rings. The summed E-state index contributed by atoms with van der Waals surface area (Å²) < 4.78 is 13.0. The van der Waals surface area contributed by atoms with E-state index in [1.807, 2.05) is 23.6 Å². The van der Waals surface area contributed by atoms with Crippen molar-refractivity contribution in [3.8, 4) is 0 Å². The molecule has 4 nitrogen and oxygen atoms in total. The quantitative estimate of drug-likeness (QED) is 0.875. The molecule has 86 valence electrons. The van der Waals surface area contributed by atoms with Crippen LogP contribution in [0.2, 0.25) is 0 Å². The van der Waals surface area contributed by atoms with E-state index in [9.17, 15) is 4.21 Å². The van der Waals surface area contributed by atoms with Crippen molar-refractivity contribution in [2.24, 2.45) is 0 Å². The van der Waals surface area contributed by atoms with Gasteiger partial charge in [-0.1, -0.05) is 6.07 Å². The Morgan fingerprint density at radius 3 is 2.94 bits per heavy atom. The van der Waals surface area contributed by atoms with E-state index in [0.717, 1.165) is 11.0 Å². The molecule has 2 N–H and O–H groups in total. The molecule has 0 aliphatic heterocycles. The topological polar surface area (TPSA) is 60.9 Å². The molecule has 0 amide bonds. The van der Waals surface area contributed by atoms with Crippen molar-refractivity contribution in [2.45, 2.75) is 13.5 Å². The van der Waals surface area contributed by atoms with Crippen LogP contribution in [-0.4, -0.2) is 25.8 Å². The van der Waals surface area contributed by atoms with Crippen LogP contribution in [0.5, 0.6) is 0 Å². The zero-order chi connectivity index (χ0) is 11.7. The summed E-state index contributed by atoms with van der Waals surface area (Å²) in [7, 11) is -0.811. The first kappa shape index (κ1) is 11.1. The summed E-state index contributed by atoms with van der Waals surface area (Å²) in [5.41, 5.74) is 8.93. The SMILES string of the molecule is Cc1ccc2nc(N)n(CCS(C)=O)c2c1. The summed E-state index contributed by atoms with van der Waals surface area (Å²) in [6.45, 7) is 2.68. The molecule has 0 spiro atoms. The molecule has 0 radical (unpaired) electrons. The number of benzene rings is 1. The molecule has 1 aromatic carbocycles. The van der Waals surface area contributed by atoms with Gasteiger partial charge >= 0.3 is 0 Å². The number of nitrogens with zero attached hydrogens (tertiary/aromatic N) is 2. The highest BCUT2D eigenvalue weighted by atomic mass is 32.2. The van der Waals surface area contributed by atoms with Gasteiger partial charge in [-0.15, -0.1) is 0 Å². The average molecular weight is 237 g/mol. The van der Waals surface area contributed by atoms with Crippen molar-refractivity contribution in [1.29, 1.82) is 0 Å². The van der Waals surface area contributed by atoms with E-state index < -0.39 is 10.8 Å². The molecule has 0 aliphatic carbocycles. The maximum absolute atomic E-state index is 11.1. The first-order valence-electron chi connectivity index (χ1n) is 5.10. The summed E-state index contributed by atoms with van der Waals surface area (Å²) in [5.74, 6) is 1.09. The minimum absolute atomic E-state index is 0.492. The molecule has 0 bridgehead atoms. The minimum Gasteiger partial charge on any atom is -0.369 e. The van der Waals surface area contributed by atoms with Gasteiger partial charge in [0.15, 0.2) is 0 Å². The molecule has 0 saturated heterocycles. The van der Waals surface area contributed by atoms with E-state index in [1.54, 1.807) is 6.26 Å². The average Bonchev–Trinajstić information content (AvgIpc) is 2.51. The second-order valence-electron chi connectivity index (χ2n) is 3.89. The van der Waals surface area contributed by atoms with Gasteiger partial charge in [-0.05, 0) is 24.6 Å². The number of imidazole rings is 1. The van der Waals surface area contributed by atoms with Gasteiger partial charge in [0.25, 0.3) is 0 Å². The van der Waals surface area contributed by atoms with Crippen LogP contribution in [0.15, 0.2) is 18.2 Å². The minimum atomic E-state index is -0.811. The fourth-order valence-electron chi connectivity index (χ4n) is 1.71. The third-order valence-electron chi connectivity index (χ3n) is 2.54. The summed E-state index contributed by atoms with van der Waals surface area (Å²) in [5, 5.41) is 0. The Morgan fingerprint density at radius 1 is 1.50 bits per heavy atom. The van der Waals surface area contributed by atoms with Gasteiger partial charge in [0.05, 0.1) is 11.0 Å². The van der Waals surface area contributed by atoms with E-state index in [1.165, 1.54) is 5.56 Å². The molecular formula is C11H15N3OS. The summed E-state index contributed by atoms with van der Waals surface area (Å²) in [6.07, 6.45) is 1.69. The monoisotopic (exact) mass is 237 g/mol. The molecule has 2 rings (SSSR count). The Labute approximate surface area is 96.9 Å². The number of hydrogen-bond donors (Lipinski definition) is 1. The lowest BCUT2D eigenvalue weighted by Crippen LogP contribution is -2.09. The Balaban J connectivity index is 2.45. The van der Waals surface area contributed by atoms with Crippen molar-refractivity contribution >= 4 is 27.8 Å². The summed E-state index contributed by atoms with van der Waals surface area (Å²) in [6, 6.07) is 6.02. The Kier molecular flexibility index (Phi) is 2.96. The fraction of sp³-hybridized carbons (Fsp3) is 0.364. The van der Waals surface area contributed by atoms with Crippen LogP contribution in [0.25, 0.3) is 11.0 Å². The largest absolute Gasteiger partial charge is 0.369 e. The van der Waals surface area contributed by atoms with Gasteiger partial charge < -0.3 is 10.3 Å². The van der Waals surface area contributed by atoms with Crippen LogP contribution in [0.1, 0.15) is 5.56 Å².